The summed E-state index contributed by atoms with van der Waals surface area (Å²) >= 11 is 0. The van der Waals surface area contributed by atoms with Crippen molar-refractivity contribution in [3.05, 3.63) is 0 Å². The second-order valence-electron chi connectivity index (χ2n) is 3.83. The summed E-state index contributed by atoms with van der Waals surface area (Å²) < 4.78 is 0. The molecule has 2 saturated heterocycles. The molecule has 2 bridgehead atoms. The Labute approximate surface area is 56.0 Å². The molecule has 0 radical (unpaired) electrons. The van der Waals surface area contributed by atoms with Gasteiger partial charge in [-0.1, -0.05) is 0 Å². The van der Waals surface area contributed by atoms with Crippen molar-refractivity contribution in [2.75, 3.05) is 20.1 Å². The monoisotopic (exact) mass is 126 g/mol. The molecule has 1 saturated carbocycles. The molecule has 0 spiro atoms. The second-order valence-corrected chi connectivity index (χ2v) is 3.83. The molecule has 3 fully saturated rings. The van der Waals surface area contributed by atoms with E-state index in [1.807, 2.05) is 0 Å². The van der Waals surface area contributed by atoms with E-state index < -0.39 is 0 Å². The van der Waals surface area contributed by atoms with Gasteiger partial charge >= 0.3 is 0 Å². The van der Waals surface area contributed by atoms with Gasteiger partial charge in [-0.25, -0.2) is 0 Å². The number of rotatable bonds is 0. The van der Waals surface area contributed by atoms with Gasteiger partial charge in [-0.2, -0.15) is 0 Å². The van der Waals surface area contributed by atoms with Gasteiger partial charge in [-0.05, 0) is 25.8 Å². The Hall–Kier alpha value is -0.0800. The zero-order valence-corrected chi connectivity index (χ0v) is 5.93. The predicted molar refractivity (Wildman–Crippen MR) is 37.1 cm³/mol. The van der Waals surface area contributed by atoms with Gasteiger partial charge in [0.2, 0.25) is 0 Å². The Morgan fingerprint density at radius 1 is 1.56 bits per heavy atom. The molecule has 3 rings (SSSR count). The molecular weight excluding hydrogens is 112 g/mol. The molecule has 2 heteroatoms. The number of nitrogens with zero attached hydrogens (tertiary/aromatic N) is 1. The Balaban J connectivity index is 2.05. The maximum Gasteiger partial charge on any atom is 0.0289 e. The minimum atomic E-state index is 0.220. The highest BCUT2D eigenvalue weighted by Gasteiger charge is 2.45. The van der Waals surface area contributed by atoms with Gasteiger partial charge in [0.25, 0.3) is 0 Å². The lowest BCUT2D eigenvalue weighted by atomic mass is 9.65. The van der Waals surface area contributed by atoms with Gasteiger partial charge < -0.3 is 10.6 Å². The van der Waals surface area contributed by atoms with E-state index in [4.69, 9.17) is 5.73 Å². The van der Waals surface area contributed by atoms with E-state index in [0.29, 0.717) is 0 Å². The Bertz CT molecular complexity index is 124. The van der Waals surface area contributed by atoms with E-state index in [2.05, 4.69) is 11.9 Å². The van der Waals surface area contributed by atoms with Gasteiger partial charge in [-0.3, -0.25) is 0 Å². The summed E-state index contributed by atoms with van der Waals surface area (Å²) in [5, 5.41) is 0. The van der Waals surface area contributed by atoms with E-state index in [1.165, 1.54) is 19.4 Å². The normalized spacial score (nSPS) is 50.7. The van der Waals surface area contributed by atoms with Crippen LogP contribution in [0.4, 0.5) is 0 Å². The van der Waals surface area contributed by atoms with Crippen LogP contribution in [0.2, 0.25) is 0 Å². The lowest BCUT2D eigenvalue weighted by molar-refractivity contribution is 0.0175. The molecule has 2 aliphatic heterocycles. The molecule has 0 unspecified atom stereocenters. The van der Waals surface area contributed by atoms with E-state index >= 15 is 0 Å². The van der Waals surface area contributed by atoms with Crippen LogP contribution in [0.1, 0.15) is 12.8 Å². The van der Waals surface area contributed by atoms with Crippen molar-refractivity contribution < 1.29 is 0 Å². The van der Waals surface area contributed by atoms with Crippen LogP contribution in [-0.4, -0.2) is 30.6 Å². The number of hydrogen-bond acceptors (Lipinski definition) is 2. The summed E-state index contributed by atoms with van der Waals surface area (Å²) in [7, 11) is 2.16. The smallest absolute Gasteiger partial charge is 0.0289 e. The Morgan fingerprint density at radius 3 is 2.56 bits per heavy atom. The average Bonchev–Trinajstić information content (AvgIpc) is 1.58. The molecule has 52 valence electrons. The molecule has 1 aliphatic carbocycles. The molecule has 0 atom stereocenters. The number of nitrogens with two attached hydrogens (primary N) is 1. The molecule has 0 aromatic carbocycles. The molecule has 0 amide bonds. The summed E-state index contributed by atoms with van der Waals surface area (Å²) in [6, 6.07) is 0. The number of piperidine rings is 2. The first kappa shape index (κ1) is 5.69. The standard InChI is InChI=1S/C7H14N2/c1-9-4-6-2-7(8,3-6)5-9/h6H,2-5,8H2,1H3. The van der Waals surface area contributed by atoms with E-state index in [1.54, 1.807) is 0 Å². The van der Waals surface area contributed by atoms with Crippen LogP contribution in [0.5, 0.6) is 0 Å². The topological polar surface area (TPSA) is 29.3 Å². The van der Waals surface area contributed by atoms with Gasteiger partial charge in [0.05, 0.1) is 0 Å². The number of likely N-dealkylation sites (N-methyl/N-ethyl adjacent to an activating group) is 1. The van der Waals surface area contributed by atoms with Crippen LogP contribution in [0.3, 0.4) is 0 Å². The van der Waals surface area contributed by atoms with Crippen molar-refractivity contribution in [3.63, 3.8) is 0 Å². The zero-order valence-electron chi connectivity index (χ0n) is 5.93. The third-order valence-corrected chi connectivity index (χ3v) is 2.55. The second kappa shape index (κ2) is 1.50. The first-order valence-electron chi connectivity index (χ1n) is 3.65. The van der Waals surface area contributed by atoms with E-state index in [-0.39, 0.29) is 5.54 Å². The van der Waals surface area contributed by atoms with Crippen LogP contribution >= 0.6 is 0 Å². The highest BCUT2D eigenvalue weighted by molar-refractivity contribution is 5.04. The highest BCUT2D eigenvalue weighted by Crippen LogP contribution is 2.40. The Morgan fingerprint density at radius 2 is 2.22 bits per heavy atom. The molecule has 2 nitrogen and oxygen atoms in total. The molecule has 2 heterocycles. The zero-order chi connectivity index (χ0) is 6.48. The summed E-state index contributed by atoms with van der Waals surface area (Å²) in [6.45, 7) is 2.39. The summed E-state index contributed by atoms with van der Waals surface area (Å²) in [6.07, 6.45) is 2.55. The van der Waals surface area contributed by atoms with Crippen molar-refractivity contribution >= 4 is 0 Å². The van der Waals surface area contributed by atoms with Crippen molar-refractivity contribution in [2.24, 2.45) is 11.7 Å². The third kappa shape index (κ3) is 0.775. The van der Waals surface area contributed by atoms with Crippen molar-refractivity contribution in [3.8, 4) is 0 Å². The lowest BCUT2D eigenvalue weighted by Gasteiger charge is -2.53. The van der Waals surface area contributed by atoms with E-state index in [9.17, 15) is 0 Å². The first-order valence-corrected chi connectivity index (χ1v) is 3.65. The molecule has 9 heavy (non-hydrogen) atoms. The maximum atomic E-state index is 5.99. The minimum Gasteiger partial charge on any atom is -0.324 e. The quantitative estimate of drug-likeness (QED) is 0.496. The van der Waals surface area contributed by atoms with Gasteiger partial charge in [0, 0.05) is 18.6 Å². The maximum absolute atomic E-state index is 5.99. The molecule has 0 aromatic rings. The average molecular weight is 126 g/mol. The van der Waals surface area contributed by atoms with Crippen LogP contribution in [0.15, 0.2) is 0 Å². The van der Waals surface area contributed by atoms with Crippen LogP contribution in [-0.2, 0) is 0 Å². The van der Waals surface area contributed by atoms with Crippen LogP contribution in [0, 0.1) is 5.92 Å². The SMILES string of the molecule is CN1CC2CC(N)(C2)C1. The molecule has 3 aliphatic rings. The van der Waals surface area contributed by atoms with Crippen molar-refractivity contribution in [1.82, 2.24) is 4.90 Å². The minimum absolute atomic E-state index is 0.220. The summed E-state index contributed by atoms with van der Waals surface area (Å²) in [5.41, 5.74) is 6.21. The summed E-state index contributed by atoms with van der Waals surface area (Å²) in [5.74, 6) is 0.925. The van der Waals surface area contributed by atoms with Gasteiger partial charge in [0.1, 0.15) is 0 Å². The van der Waals surface area contributed by atoms with Crippen molar-refractivity contribution in [2.45, 2.75) is 18.4 Å². The largest absolute Gasteiger partial charge is 0.324 e. The number of hydrogen-bond donors (Lipinski definition) is 1. The predicted octanol–water partition coefficient (Wildman–Crippen LogP) is 0.0393. The van der Waals surface area contributed by atoms with Gasteiger partial charge in [0.15, 0.2) is 0 Å². The fourth-order valence-corrected chi connectivity index (χ4v) is 2.39. The highest BCUT2D eigenvalue weighted by atomic mass is 15.2. The third-order valence-electron chi connectivity index (χ3n) is 2.55. The molecule has 2 N–H and O–H groups in total. The summed E-state index contributed by atoms with van der Waals surface area (Å²) in [4.78, 5) is 2.34. The molecule has 0 aromatic heterocycles. The number of fused-ring (bicyclic) bond motifs is 2. The van der Waals surface area contributed by atoms with Crippen LogP contribution < -0.4 is 5.73 Å². The first-order chi connectivity index (χ1) is 4.18. The Kier molecular flexibility index (Phi) is 0.945. The molecular formula is C7H14N2. The van der Waals surface area contributed by atoms with Crippen molar-refractivity contribution in [1.29, 1.82) is 0 Å². The fourth-order valence-electron chi connectivity index (χ4n) is 2.39. The lowest BCUT2D eigenvalue weighted by Crippen LogP contribution is -2.65. The van der Waals surface area contributed by atoms with E-state index in [0.717, 1.165) is 12.5 Å². The van der Waals surface area contributed by atoms with Crippen LogP contribution in [0.25, 0.3) is 0 Å². The fraction of sp³-hybridized carbons (Fsp3) is 1.00. The van der Waals surface area contributed by atoms with Gasteiger partial charge in [-0.15, -0.1) is 0 Å².